The Morgan fingerprint density at radius 2 is 1.38 bits per heavy atom. The molecule has 11 unspecified atom stereocenters. The van der Waals surface area contributed by atoms with E-state index in [9.17, 15) is 41.0 Å². The van der Waals surface area contributed by atoms with E-state index < -0.39 is 80.2 Å². The van der Waals surface area contributed by atoms with Crippen LogP contribution in [0.1, 0.15) is 20.3 Å². The molecule has 0 aliphatic carbocycles. The van der Waals surface area contributed by atoms with E-state index in [0.717, 1.165) is 0 Å². The molecule has 0 saturated carbocycles. The van der Waals surface area contributed by atoms with Crippen LogP contribution in [-0.4, -0.2) is 116 Å². The van der Waals surface area contributed by atoms with Crippen LogP contribution < -0.4 is 0 Å². The van der Waals surface area contributed by atoms with Gasteiger partial charge in [-0.15, -0.1) is 0 Å². The predicted octanol–water partition coefficient (Wildman–Crippen LogP) is -3.68. The minimum Gasteiger partial charge on any atom is -0.394 e. The molecule has 12 heteroatoms. The van der Waals surface area contributed by atoms with Gasteiger partial charge in [-0.1, -0.05) is 6.92 Å². The first-order valence-corrected chi connectivity index (χ1v) is 9.29. The van der Waals surface area contributed by atoms with Crippen LogP contribution in [-0.2, 0) is 18.9 Å². The molecule has 168 valence electrons. The zero-order chi connectivity index (χ0) is 21.9. The summed E-state index contributed by atoms with van der Waals surface area (Å²) in [6.45, 7) is 2.05. The van der Waals surface area contributed by atoms with E-state index >= 15 is 0 Å². The van der Waals surface area contributed by atoms with E-state index in [1.807, 2.05) is 6.07 Å². The zero-order valence-corrected chi connectivity index (χ0v) is 16.1. The average Bonchev–Trinajstić information content (AvgIpc) is 2.72. The molecule has 0 spiro atoms. The molecule has 12 nitrogen and oxygen atoms in total. The predicted molar refractivity (Wildman–Crippen MR) is 91.8 cm³/mol. The molecule has 2 fully saturated rings. The number of aliphatic hydroxyl groups excluding tert-OH is 7. The molecule has 0 radical (unpaired) electrons. The van der Waals surface area contributed by atoms with Gasteiger partial charge in [0.25, 0.3) is 0 Å². The second kappa shape index (κ2) is 9.90. The highest BCUT2D eigenvalue weighted by Crippen LogP contribution is 2.28. The Bertz CT molecular complexity index is 572. The maximum absolute atomic E-state index is 10.2. The van der Waals surface area contributed by atoms with Gasteiger partial charge in [0.1, 0.15) is 48.8 Å². The van der Waals surface area contributed by atoms with Crippen LogP contribution in [0.2, 0.25) is 0 Å². The Labute approximate surface area is 167 Å². The molecule has 11 atom stereocenters. The SMILES string of the molecule is CCC(C)(C#N)OC1OC(COC2OC(CO)C(O)C(O)C2O)C(O)C(O)C1O. The lowest BCUT2D eigenvalue weighted by Crippen LogP contribution is -2.62. The summed E-state index contributed by atoms with van der Waals surface area (Å²) in [5, 5.41) is 78.3. The molecule has 0 aromatic rings. The molecule has 0 amide bonds. The van der Waals surface area contributed by atoms with Crippen molar-refractivity contribution >= 4 is 0 Å². The van der Waals surface area contributed by atoms with E-state index in [0.29, 0.717) is 0 Å². The molecule has 2 saturated heterocycles. The molecule has 2 heterocycles. The lowest BCUT2D eigenvalue weighted by molar-refractivity contribution is -0.339. The fourth-order valence-corrected chi connectivity index (χ4v) is 2.99. The van der Waals surface area contributed by atoms with Gasteiger partial charge in [0, 0.05) is 0 Å². The second-order valence-corrected chi connectivity index (χ2v) is 7.36. The molecule has 2 aliphatic rings. The van der Waals surface area contributed by atoms with E-state index in [1.165, 1.54) is 6.92 Å². The summed E-state index contributed by atoms with van der Waals surface area (Å²) in [4.78, 5) is 0. The quantitative estimate of drug-likeness (QED) is 0.212. The highest BCUT2D eigenvalue weighted by Gasteiger charge is 2.48. The Morgan fingerprint density at radius 1 is 0.862 bits per heavy atom. The van der Waals surface area contributed by atoms with Gasteiger partial charge in [0.05, 0.1) is 19.3 Å². The number of hydrogen-bond donors (Lipinski definition) is 7. The smallest absolute Gasteiger partial charge is 0.188 e. The summed E-state index contributed by atoms with van der Waals surface area (Å²) in [6, 6.07) is 1.93. The van der Waals surface area contributed by atoms with Gasteiger partial charge >= 0.3 is 0 Å². The first-order valence-electron chi connectivity index (χ1n) is 9.29. The van der Waals surface area contributed by atoms with Crippen LogP contribution >= 0.6 is 0 Å². The molecule has 2 aliphatic heterocycles. The minimum absolute atomic E-state index is 0.265. The van der Waals surface area contributed by atoms with Crippen LogP contribution in [0.4, 0.5) is 0 Å². The topological polar surface area (TPSA) is 202 Å². The van der Waals surface area contributed by atoms with E-state index in [2.05, 4.69) is 0 Å². The highest BCUT2D eigenvalue weighted by molar-refractivity contribution is 4.99. The number of rotatable bonds is 7. The van der Waals surface area contributed by atoms with Crippen LogP contribution in [0, 0.1) is 11.3 Å². The van der Waals surface area contributed by atoms with Crippen LogP contribution in [0.3, 0.4) is 0 Å². The Kier molecular flexibility index (Phi) is 8.31. The van der Waals surface area contributed by atoms with Gasteiger partial charge < -0.3 is 54.7 Å². The fraction of sp³-hybridized carbons (Fsp3) is 0.941. The number of aliphatic hydroxyl groups is 7. The van der Waals surface area contributed by atoms with E-state index in [1.54, 1.807) is 6.92 Å². The van der Waals surface area contributed by atoms with Crippen molar-refractivity contribution in [2.24, 2.45) is 0 Å². The summed E-state index contributed by atoms with van der Waals surface area (Å²) in [5.74, 6) is 0. The van der Waals surface area contributed by atoms with Crippen molar-refractivity contribution < 1.29 is 54.7 Å². The number of hydrogen-bond acceptors (Lipinski definition) is 12. The van der Waals surface area contributed by atoms with Gasteiger partial charge in [-0.25, -0.2) is 0 Å². The Morgan fingerprint density at radius 3 is 1.90 bits per heavy atom. The van der Waals surface area contributed by atoms with Crippen molar-refractivity contribution in [2.75, 3.05) is 13.2 Å². The molecule has 29 heavy (non-hydrogen) atoms. The molecule has 0 aromatic carbocycles. The largest absolute Gasteiger partial charge is 0.394 e. The molecule has 0 bridgehead atoms. The summed E-state index contributed by atoms with van der Waals surface area (Å²) in [5.41, 5.74) is -1.31. The van der Waals surface area contributed by atoms with Crippen molar-refractivity contribution in [1.29, 1.82) is 5.26 Å². The highest BCUT2D eigenvalue weighted by atomic mass is 16.7. The standard InChI is InChI=1S/C17H29NO11/c1-3-17(2,6-18)29-16-14(25)12(23)10(21)8(28-16)5-26-15-13(24)11(22)9(20)7(4-19)27-15/h7-16,19-25H,3-5H2,1-2H3. The molecular weight excluding hydrogens is 394 g/mol. The van der Waals surface area contributed by atoms with Crippen molar-refractivity contribution in [1.82, 2.24) is 0 Å². The average molecular weight is 423 g/mol. The first-order chi connectivity index (χ1) is 13.6. The second-order valence-electron chi connectivity index (χ2n) is 7.36. The zero-order valence-electron chi connectivity index (χ0n) is 16.1. The third-order valence-corrected chi connectivity index (χ3v) is 5.23. The van der Waals surface area contributed by atoms with Crippen molar-refractivity contribution in [3.8, 4) is 6.07 Å². The summed E-state index contributed by atoms with van der Waals surface area (Å²) < 4.78 is 21.4. The van der Waals surface area contributed by atoms with Gasteiger partial charge in [-0.05, 0) is 13.3 Å². The minimum atomic E-state index is -1.67. The van der Waals surface area contributed by atoms with Crippen molar-refractivity contribution in [3.63, 3.8) is 0 Å². The third-order valence-electron chi connectivity index (χ3n) is 5.23. The normalized spacial score (nSPS) is 45.4. The van der Waals surface area contributed by atoms with Gasteiger partial charge in [-0.2, -0.15) is 5.26 Å². The van der Waals surface area contributed by atoms with Crippen LogP contribution in [0.5, 0.6) is 0 Å². The number of nitrogens with zero attached hydrogens (tertiary/aromatic N) is 1. The van der Waals surface area contributed by atoms with Gasteiger partial charge in [0.2, 0.25) is 0 Å². The van der Waals surface area contributed by atoms with Crippen LogP contribution in [0.25, 0.3) is 0 Å². The Hall–Kier alpha value is -0.950. The molecular formula is C17H29NO11. The molecule has 2 rings (SSSR count). The maximum atomic E-state index is 10.2. The monoisotopic (exact) mass is 423 g/mol. The lowest BCUT2D eigenvalue weighted by Gasteiger charge is -2.43. The fourth-order valence-electron chi connectivity index (χ4n) is 2.99. The summed E-state index contributed by atoms with van der Waals surface area (Å²) in [7, 11) is 0. The molecule has 7 N–H and O–H groups in total. The number of ether oxygens (including phenoxy) is 4. The summed E-state index contributed by atoms with van der Waals surface area (Å²) >= 11 is 0. The van der Waals surface area contributed by atoms with Crippen LogP contribution in [0.15, 0.2) is 0 Å². The Balaban J connectivity index is 2.04. The van der Waals surface area contributed by atoms with Crippen molar-refractivity contribution in [3.05, 3.63) is 0 Å². The van der Waals surface area contributed by atoms with E-state index in [-0.39, 0.29) is 6.42 Å². The number of nitriles is 1. The summed E-state index contributed by atoms with van der Waals surface area (Å²) in [6.07, 6.45) is -14.8. The van der Waals surface area contributed by atoms with E-state index in [4.69, 9.17) is 18.9 Å². The third kappa shape index (κ3) is 5.22. The first kappa shape index (κ1) is 24.3. The van der Waals surface area contributed by atoms with Gasteiger partial charge in [-0.3, -0.25) is 0 Å². The van der Waals surface area contributed by atoms with Crippen molar-refractivity contribution in [2.45, 2.75) is 87.3 Å². The molecule has 0 aromatic heterocycles. The lowest BCUT2D eigenvalue weighted by atomic mass is 9.98. The maximum Gasteiger partial charge on any atom is 0.188 e. The van der Waals surface area contributed by atoms with Gasteiger partial charge in [0.15, 0.2) is 18.2 Å².